The Balaban J connectivity index is 2.21. The molecule has 1 aliphatic heterocycles. The zero-order chi connectivity index (χ0) is 13.2. The van der Waals surface area contributed by atoms with Gasteiger partial charge >= 0.3 is 0 Å². The van der Waals surface area contributed by atoms with Crippen LogP contribution < -0.4 is 0 Å². The third-order valence-electron chi connectivity index (χ3n) is 3.65. The molecule has 2 unspecified atom stereocenters. The van der Waals surface area contributed by atoms with Crippen LogP contribution in [0.3, 0.4) is 0 Å². The van der Waals surface area contributed by atoms with Gasteiger partial charge in [-0.1, -0.05) is 38.1 Å². The summed E-state index contributed by atoms with van der Waals surface area (Å²) in [7, 11) is 0. The van der Waals surface area contributed by atoms with Crippen molar-refractivity contribution in [2.24, 2.45) is 5.92 Å². The maximum absolute atomic E-state index is 10.8. The van der Waals surface area contributed by atoms with Gasteiger partial charge in [-0.25, -0.2) is 0 Å². The van der Waals surface area contributed by atoms with Gasteiger partial charge in [0, 0.05) is 12.8 Å². The van der Waals surface area contributed by atoms with Gasteiger partial charge in [0.05, 0.1) is 18.3 Å². The molecule has 1 aromatic carbocycles. The molecule has 0 radical (unpaired) electrons. The van der Waals surface area contributed by atoms with Crippen LogP contribution in [0.25, 0.3) is 0 Å². The highest BCUT2D eigenvalue weighted by Crippen LogP contribution is 2.35. The molecule has 0 aliphatic carbocycles. The van der Waals surface area contributed by atoms with Gasteiger partial charge in [0.1, 0.15) is 0 Å². The van der Waals surface area contributed by atoms with Crippen molar-refractivity contribution in [1.82, 2.24) is 0 Å². The van der Waals surface area contributed by atoms with E-state index in [2.05, 4.69) is 32.0 Å². The van der Waals surface area contributed by atoms with Crippen LogP contribution in [-0.4, -0.2) is 17.8 Å². The van der Waals surface area contributed by atoms with Crippen LogP contribution in [0.2, 0.25) is 0 Å². The van der Waals surface area contributed by atoms with Crippen LogP contribution in [0.5, 0.6) is 0 Å². The van der Waals surface area contributed by atoms with Crippen molar-refractivity contribution >= 4 is 0 Å². The summed E-state index contributed by atoms with van der Waals surface area (Å²) in [4.78, 5) is 0. The standard InChI is InChI=1S/C16H24O2/c1-12(2)9-14-5-4-6-15(10-14)16(17)7-8-18-13(3)11-16/h4-6,10,12-13,17H,7-9,11H2,1-3H3. The molecule has 100 valence electrons. The fourth-order valence-electron chi connectivity index (χ4n) is 2.79. The second-order valence-corrected chi connectivity index (χ2v) is 5.97. The van der Waals surface area contributed by atoms with Crippen LogP contribution >= 0.6 is 0 Å². The SMILES string of the molecule is CC(C)Cc1cccc(C2(O)CCOC(C)C2)c1. The Labute approximate surface area is 110 Å². The summed E-state index contributed by atoms with van der Waals surface area (Å²) in [6.07, 6.45) is 2.59. The van der Waals surface area contributed by atoms with Crippen molar-refractivity contribution in [1.29, 1.82) is 0 Å². The Morgan fingerprint density at radius 2 is 2.22 bits per heavy atom. The van der Waals surface area contributed by atoms with Crippen molar-refractivity contribution in [2.75, 3.05) is 6.61 Å². The van der Waals surface area contributed by atoms with E-state index in [9.17, 15) is 5.11 Å². The van der Waals surface area contributed by atoms with Crippen molar-refractivity contribution < 1.29 is 9.84 Å². The van der Waals surface area contributed by atoms with Crippen LogP contribution in [0, 0.1) is 5.92 Å². The Hall–Kier alpha value is -0.860. The number of rotatable bonds is 3. The second kappa shape index (κ2) is 5.41. The smallest absolute Gasteiger partial charge is 0.0943 e. The summed E-state index contributed by atoms with van der Waals surface area (Å²) in [6.45, 7) is 7.12. The van der Waals surface area contributed by atoms with E-state index in [1.165, 1.54) is 5.56 Å². The molecule has 18 heavy (non-hydrogen) atoms. The van der Waals surface area contributed by atoms with E-state index in [0.29, 0.717) is 25.4 Å². The van der Waals surface area contributed by atoms with Gasteiger partial charge in [-0.2, -0.15) is 0 Å². The first kappa shape index (κ1) is 13.6. The summed E-state index contributed by atoms with van der Waals surface area (Å²) < 4.78 is 5.53. The van der Waals surface area contributed by atoms with Crippen LogP contribution in [0.15, 0.2) is 24.3 Å². The zero-order valence-corrected chi connectivity index (χ0v) is 11.6. The summed E-state index contributed by atoms with van der Waals surface area (Å²) in [5.41, 5.74) is 1.66. The fraction of sp³-hybridized carbons (Fsp3) is 0.625. The van der Waals surface area contributed by atoms with E-state index >= 15 is 0 Å². The molecule has 0 spiro atoms. The maximum atomic E-state index is 10.8. The highest BCUT2D eigenvalue weighted by Gasteiger charge is 2.34. The summed E-state index contributed by atoms with van der Waals surface area (Å²) in [6, 6.07) is 8.42. The average Bonchev–Trinajstić information content (AvgIpc) is 2.28. The predicted molar refractivity (Wildman–Crippen MR) is 73.5 cm³/mol. The molecule has 1 N–H and O–H groups in total. The van der Waals surface area contributed by atoms with E-state index < -0.39 is 5.60 Å². The highest BCUT2D eigenvalue weighted by molar-refractivity contribution is 5.29. The lowest BCUT2D eigenvalue weighted by atomic mass is 9.83. The molecular weight excluding hydrogens is 224 g/mol. The molecule has 2 atom stereocenters. The Kier molecular flexibility index (Phi) is 4.08. The number of hydrogen-bond donors (Lipinski definition) is 1. The average molecular weight is 248 g/mol. The molecule has 1 aliphatic rings. The second-order valence-electron chi connectivity index (χ2n) is 5.97. The molecule has 1 heterocycles. The first-order valence-corrected chi connectivity index (χ1v) is 6.93. The molecular formula is C16H24O2. The van der Waals surface area contributed by atoms with Gasteiger partial charge < -0.3 is 9.84 Å². The lowest BCUT2D eigenvalue weighted by molar-refractivity contribution is -0.101. The molecule has 1 fully saturated rings. The van der Waals surface area contributed by atoms with Crippen molar-refractivity contribution in [3.05, 3.63) is 35.4 Å². The molecule has 2 nitrogen and oxygen atoms in total. The van der Waals surface area contributed by atoms with Gasteiger partial charge in [-0.3, -0.25) is 0 Å². The van der Waals surface area contributed by atoms with Crippen LogP contribution in [-0.2, 0) is 16.8 Å². The molecule has 0 amide bonds. The summed E-state index contributed by atoms with van der Waals surface area (Å²) in [5.74, 6) is 0.642. The quantitative estimate of drug-likeness (QED) is 0.889. The van der Waals surface area contributed by atoms with E-state index in [1.54, 1.807) is 0 Å². The number of aliphatic hydroxyl groups is 1. The molecule has 0 aromatic heterocycles. The van der Waals surface area contributed by atoms with E-state index in [1.807, 2.05) is 13.0 Å². The van der Waals surface area contributed by atoms with Crippen molar-refractivity contribution in [3.8, 4) is 0 Å². The lowest BCUT2D eigenvalue weighted by Crippen LogP contribution is -2.37. The highest BCUT2D eigenvalue weighted by atomic mass is 16.5. The third-order valence-corrected chi connectivity index (χ3v) is 3.65. The molecule has 2 rings (SSSR count). The lowest BCUT2D eigenvalue weighted by Gasteiger charge is -2.36. The zero-order valence-electron chi connectivity index (χ0n) is 11.6. The maximum Gasteiger partial charge on any atom is 0.0943 e. The third kappa shape index (κ3) is 3.12. The van der Waals surface area contributed by atoms with Gasteiger partial charge in [-0.15, -0.1) is 0 Å². The van der Waals surface area contributed by atoms with Gasteiger partial charge in [0.2, 0.25) is 0 Å². The minimum absolute atomic E-state index is 0.137. The van der Waals surface area contributed by atoms with Crippen molar-refractivity contribution in [3.63, 3.8) is 0 Å². The minimum atomic E-state index is -0.704. The minimum Gasteiger partial charge on any atom is -0.385 e. The Morgan fingerprint density at radius 3 is 2.89 bits per heavy atom. The Bertz CT molecular complexity index is 400. The predicted octanol–water partition coefficient (Wildman–Crippen LogP) is 3.27. The summed E-state index contributed by atoms with van der Waals surface area (Å²) >= 11 is 0. The molecule has 2 heteroatoms. The van der Waals surface area contributed by atoms with Crippen LogP contribution in [0.1, 0.15) is 44.7 Å². The van der Waals surface area contributed by atoms with E-state index in [-0.39, 0.29) is 6.10 Å². The monoisotopic (exact) mass is 248 g/mol. The topological polar surface area (TPSA) is 29.5 Å². The number of ether oxygens (including phenoxy) is 1. The normalized spacial score (nSPS) is 28.6. The van der Waals surface area contributed by atoms with Gasteiger partial charge in [-0.05, 0) is 30.4 Å². The molecule has 0 bridgehead atoms. The molecule has 1 saturated heterocycles. The van der Waals surface area contributed by atoms with Gasteiger partial charge in [0.25, 0.3) is 0 Å². The number of hydrogen-bond acceptors (Lipinski definition) is 2. The van der Waals surface area contributed by atoms with Crippen LogP contribution in [0.4, 0.5) is 0 Å². The first-order chi connectivity index (χ1) is 8.49. The first-order valence-electron chi connectivity index (χ1n) is 6.93. The molecule has 0 saturated carbocycles. The van der Waals surface area contributed by atoms with E-state index in [4.69, 9.17) is 4.74 Å². The van der Waals surface area contributed by atoms with Crippen molar-refractivity contribution in [2.45, 2.75) is 51.7 Å². The summed E-state index contributed by atoms with van der Waals surface area (Å²) in [5, 5.41) is 10.8. The van der Waals surface area contributed by atoms with E-state index in [0.717, 1.165) is 12.0 Å². The Morgan fingerprint density at radius 1 is 1.44 bits per heavy atom. The largest absolute Gasteiger partial charge is 0.385 e. The molecule has 1 aromatic rings. The number of benzene rings is 1. The van der Waals surface area contributed by atoms with Gasteiger partial charge in [0.15, 0.2) is 0 Å². The fourth-order valence-corrected chi connectivity index (χ4v) is 2.79.